The van der Waals surface area contributed by atoms with E-state index in [1.165, 1.54) is 4.90 Å². The molecule has 0 spiro atoms. The zero-order chi connectivity index (χ0) is 22.4. The van der Waals surface area contributed by atoms with E-state index in [9.17, 15) is 9.59 Å². The summed E-state index contributed by atoms with van der Waals surface area (Å²) in [6.07, 6.45) is 0.697. The van der Waals surface area contributed by atoms with Crippen LogP contribution < -0.4 is 14.8 Å². The van der Waals surface area contributed by atoms with E-state index in [0.717, 1.165) is 11.5 Å². The van der Waals surface area contributed by atoms with Crippen molar-refractivity contribution in [2.75, 3.05) is 25.1 Å². The highest BCUT2D eigenvalue weighted by Crippen LogP contribution is 2.32. The number of hydrogen-bond acceptors (Lipinski definition) is 5. The SMILES string of the molecule is CCCN1C(=O)C(Nc2ccc(OCC)cc2)=C(c2ccc(OCC(C)C)cc2)C1=O. The molecule has 0 radical (unpaired) electrons. The van der Waals surface area contributed by atoms with E-state index in [4.69, 9.17) is 9.47 Å². The Morgan fingerprint density at radius 3 is 2.06 bits per heavy atom. The van der Waals surface area contributed by atoms with Gasteiger partial charge in [0.15, 0.2) is 0 Å². The van der Waals surface area contributed by atoms with Crippen LogP contribution in [0.4, 0.5) is 5.69 Å². The van der Waals surface area contributed by atoms with Gasteiger partial charge in [-0.1, -0.05) is 32.9 Å². The zero-order valence-electron chi connectivity index (χ0n) is 18.6. The van der Waals surface area contributed by atoms with Crippen molar-refractivity contribution in [3.8, 4) is 11.5 Å². The maximum Gasteiger partial charge on any atom is 0.278 e. The first-order valence-corrected chi connectivity index (χ1v) is 10.8. The highest BCUT2D eigenvalue weighted by molar-refractivity contribution is 6.36. The Hall–Kier alpha value is -3.28. The number of nitrogens with one attached hydrogen (secondary N) is 1. The average Bonchev–Trinajstić information content (AvgIpc) is 2.99. The highest BCUT2D eigenvalue weighted by Gasteiger charge is 2.38. The van der Waals surface area contributed by atoms with Crippen LogP contribution >= 0.6 is 0 Å². The van der Waals surface area contributed by atoms with E-state index in [1.807, 2.05) is 62.4 Å². The van der Waals surface area contributed by atoms with Gasteiger partial charge in [-0.2, -0.15) is 0 Å². The lowest BCUT2D eigenvalue weighted by Crippen LogP contribution is -2.33. The van der Waals surface area contributed by atoms with Crippen LogP contribution in [0, 0.1) is 5.92 Å². The van der Waals surface area contributed by atoms with Gasteiger partial charge >= 0.3 is 0 Å². The number of nitrogens with zero attached hydrogens (tertiary/aromatic N) is 1. The number of benzene rings is 2. The van der Waals surface area contributed by atoms with E-state index in [2.05, 4.69) is 19.2 Å². The molecular weight excluding hydrogens is 392 g/mol. The summed E-state index contributed by atoms with van der Waals surface area (Å²) in [6.45, 7) is 9.62. The quantitative estimate of drug-likeness (QED) is 0.561. The molecule has 164 valence electrons. The van der Waals surface area contributed by atoms with Crippen LogP contribution in [0.3, 0.4) is 0 Å². The molecule has 0 aromatic heterocycles. The van der Waals surface area contributed by atoms with Crippen molar-refractivity contribution in [2.45, 2.75) is 34.1 Å². The monoisotopic (exact) mass is 422 g/mol. The van der Waals surface area contributed by atoms with Gasteiger partial charge in [-0.15, -0.1) is 0 Å². The van der Waals surface area contributed by atoms with E-state index in [-0.39, 0.29) is 11.8 Å². The predicted molar refractivity (Wildman–Crippen MR) is 122 cm³/mol. The first-order chi connectivity index (χ1) is 14.9. The fourth-order valence-electron chi connectivity index (χ4n) is 3.31. The Morgan fingerprint density at radius 2 is 1.48 bits per heavy atom. The van der Waals surface area contributed by atoms with Crippen LogP contribution in [0.15, 0.2) is 54.2 Å². The van der Waals surface area contributed by atoms with Crippen LogP contribution in [0.2, 0.25) is 0 Å². The van der Waals surface area contributed by atoms with E-state index in [1.54, 1.807) is 0 Å². The summed E-state index contributed by atoms with van der Waals surface area (Å²) in [5, 5.41) is 3.16. The Bertz CT molecular complexity index is 946. The Morgan fingerprint density at radius 1 is 0.871 bits per heavy atom. The minimum absolute atomic E-state index is 0.281. The molecule has 1 aliphatic rings. The normalized spacial score (nSPS) is 13.9. The van der Waals surface area contributed by atoms with Crippen molar-refractivity contribution >= 4 is 23.1 Å². The average molecular weight is 423 g/mol. The summed E-state index contributed by atoms with van der Waals surface area (Å²) in [6, 6.07) is 14.6. The second-order valence-corrected chi connectivity index (χ2v) is 7.82. The summed E-state index contributed by atoms with van der Waals surface area (Å²) in [4.78, 5) is 27.4. The molecule has 1 heterocycles. The molecule has 0 fully saturated rings. The van der Waals surface area contributed by atoms with Crippen molar-refractivity contribution < 1.29 is 19.1 Å². The van der Waals surface area contributed by atoms with E-state index >= 15 is 0 Å². The number of anilines is 1. The maximum atomic E-state index is 13.1. The summed E-state index contributed by atoms with van der Waals surface area (Å²) in [5.74, 6) is 1.32. The van der Waals surface area contributed by atoms with Gasteiger partial charge in [-0.3, -0.25) is 14.5 Å². The lowest BCUT2D eigenvalue weighted by Gasteiger charge is -2.14. The summed E-state index contributed by atoms with van der Waals surface area (Å²) >= 11 is 0. The Labute approximate surface area is 183 Å². The highest BCUT2D eigenvalue weighted by atomic mass is 16.5. The molecule has 6 nitrogen and oxygen atoms in total. The Kier molecular flexibility index (Phi) is 7.34. The largest absolute Gasteiger partial charge is 0.494 e. The van der Waals surface area contributed by atoms with Gasteiger partial charge in [0.25, 0.3) is 11.8 Å². The molecule has 0 atom stereocenters. The van der Waals surface area contributed by atoms with Crippen LogP contribution in [0.25, 0.3) is 5.57 Å². The van der Waals surface area contributed by atoms with E-state index < -0.39 is 0 Å². The van der Waals surface area contributed by atoms with Crippen molar-refractivity contribution in [3.05, 3.63) is 59.8 Å². The molecule has 0 saturated heterocycles. The maximum absolute atomic E-state index is 13.1. The molecule has 2 aromatic carbocycles. The lowest BCUT2D eigenvalue weighted by atomic mass is 10.0. The number of amides is 2. The molecule has 1 N–H and O–H groups in total. The van der Waals surface area contributed by atoms with Gasteiger partial charge in [0.2, 0.25) is 0 Å². The fraction of sp³-hybridized carbons (Fsp3) is 0.360. The molecule has 0 bridgehead atoms. The molecule has 0 saturated carbocycles. The van der Waals surface area contributed by atoms with Gasteiger partial charge in [-0.05, 0) is 61.2 Å². The third-order valence-electron chi connectivity index (χ3n) is 4.78. The number of imide groups is 1. The zero-order valence-corrected chi connectivity index (χ0v) is 18.6. The first kappa shape index (κ1) is 22.4. The van der Waals surface area contributed by atoms with Gasteiger partial charge in [0, 0.05) is 12.2 Å². The number of hydrogen-bond donors (Lipinski definition) is 1. The number of ether oxygens (including phenoxy) is 2. The molecule has 6 heteroatoms. The molecule has 1 aliphatic heterocycles. The second kappa shape index (κ2) is 10.2. The molecule has 2 amide bonds. The van der Waals surface area contributed by atoms with Gasteiger partial charge < -0.3 is 14.8 Å². The molecule has 2 aromatic rings. The lowest BCUT2D eigenvalue weighted by molar-refractivity contribution is -0.136. The minimum atomic E-state index is -0.309. The predicted octanol–water partition coefficient (Wildman–Crippen LogP) is 4.72. The third-order valence-corrected chi connectivity index (χ3v) is 4.78. The van der Waals surface area contributed by atoms with Crippen LogP contribution in [-0.4, -0.2) is 36.5 Å². The molecule has 0 aliphatic carbocycles. The fourth-order valence-corrected chi connectivity index (χ4v) is 3.31. The minimum Gasteiger partial charge on any atom is -0.494 e. The first-order valence-electron chi connectivity index (χ1n) is 10.8. The third kappa shape index (κ3) is 5.26. The standard InChI is InChI=1S/C25H30N2O4/c1-5-15-27-24(28)22(18-7-11-21(12-8-18)31-16-17(3)4)23(25(27)29)26-19-9-13-20(14-10-19)30-6-2/h7-14,17,26H,5-6,15-16H2,1-4H3. The summed E-state index contributed by atoms with van der Waals surface area (Å²) in [5.41, 5.74) is 2.07. The summed E-state index contributed by atoms with van der Waals surface area (Å²) in [7, 11) is 0. The van der Waals surface area contributed by atoms with Gasteiger partial charge in [0.1, 0.15) is 17.2 Å². The van der Waals surface area contributed by atoms with Crippen molar-refractivity contribution in [3.63, 3.8) is 0 Å². The molecule has 0 unspecified atom stereocenters. The summed E-state index contributed by atoms with van der Waals surface area (Å²) < 4.78 is 11.2. The molecule has 3 rings (SSSR count). The smallest absolute Gasteiger partial charge is 0.278 e. The van der Waals surface area contributed by atoms with Crippen molar-refractivity contribution in [1.29, 1.82) is 0 Å². The molecular formula is C25H30N2O4. The van der Waals surface area contributed by atoms with Crippen molar-refractivity contribution in [2.24, 2.45) is 5.92 Å². The Balaban J connectivity index is 1.92. The van der Waals surface area contributed by atoms with E-state index in [0.29, 0.717) is 54.6 Å². The number of carbonyl (C=O) groups excluding carboxylic acids is 2. The number of carbonyl (C=O) groups is 2. The van der Waals surface area contributed by atoms with Crippen LogP contribution in [0.1, 0.15) is 39.7 Å². The van der Waals surface area contributed by atoms with Crippen LogP contribution in [-0.2, 0) is 9.59 Å². The second-order valence-electron chi connectivity index (χ2n) is 7.82. The molecule has 31 heavy (non-hydrogen) atoms. The van der Waals surface area contributed by atoms with Gasteiger partial charge in [-0.25, -0.2) is 0 Å². The van der Waals surface area contributed by atoms with Crippen LogP contribution in [0.5, 0.6) is 11.5 Å². The number of rotatable bonds is 10. The van der Waals surface area contributed by atoms with Crippen molar-refractivity contribution in [1.82, 2.24) is 4.90 Å². The topological polar surface area (TPSA) is 67.9 Å². The van der Waals surface area contributed by atoms with Gasteiger partial charge in [0.05, 0.1) is 18.8 Å².